The molecule has 2 aliphatic rings. The third kappa shape index (κ3) is 3.43. The second-order valence-corrected chi connectivity index (χ2v) is 9.20. The molecule has 32 heavy (non-hydrogen) atoms. The van der Waals surface area contributed by atoms with Crippen molar-refractivity contribution in [3.05, 3.63) is 68.5 Å². The van der Waals surface area contributed by atoms with Gasteiger partial charge < -0.3 is 19.1 Å². The number of carbonyl (C=O) groups is 1. The summed E-state index contributed by atoms with van der Waals surface area (Å²) in [5, 5.41) is 0.700. The highest BCUT2D eigenvalue weighted by molar-refractivity contribution is 6.35. The van der Waals surface area contributed by atoms with Gasteiger partial charge in [-0.05, 0) is 50.1 Å². The van der Waals surface area contributed by atoms with Gasteiger partial charge in [-0.15, -0.1) is 0 Å². The second kappa shape index (κ2) is 7.85. The van der Waals surface area contributed by atoms with Crippen LogP contribution in [0.1, 0.15) is 28.4 Å². The molecule has 0 aliphatic carbocycles. The summed E-state index contributed by atoms with van der Waals surface area (Å²) in [6.45, 7) is 9.32. The number of hydrogen-bond acceptors (Lipinski definition) is 4. The molecule has 0 saturated carbocycles. The van der Waals surface area contributed by atoms with Crippen molar-refractivity contribution in [2.75, 3.05) is 31.1 Å². The maximum atomic E-state index is 13.4. The number of amides is 1. The Kier molecular flexibility index (Phi) is 5.13. The van der Waals surface area contributed by atoms with E-state index in [2.05, 4.69) is 36.9 Å². The van der Waals surface area contributed by atoms with Crippen LogP contribution in [0.3, 0.4) is 0 Å². The number of piperazine rings is 1. The first-order chi connectivity index (χ1) is 15.3. The first-order valence-corrected chi connectivity index (χ1v) is 11.3. The van der Waals surface area contributed by atoms with Gasteiger partial charge in [0.25, 0.3) is 5.91 Å². The van der Waals surface area contributed by atoms with Crippen molar-refractivity contribution in [2.45, 2.75) is 33.4 Å². The third-order valence-electron chi connectivity index (χ3n) is 6.42. The van der Waals surface area contributed by atoms with Gasteiger partial charge in [0, 0.05) is 38.1 Å². The monoisotopic (exact) mass is 451 g/mol. The molecule has 1 aromatic heterocycles. The van der Waals surface area contributed by atoms with Crippen molar-refractivity contribution < 1.29 is 9.53 Å². The normalized spacial score (nSPS) is 18.1. The minimum Gasteiger partial charge on any atom is -0.487 e. The van der Waals surface area contributed by atoms with Gasteiger partial charge in [0.2, 0.25) is 5.43 Å². The van der Waals surface area contributed by atoms with Crippen LogP contribution in [0.25, 0.3) is 10.9 Å². The van der Waals surface area contributed by atoms with E-state index in [0.717, 1.165) is 13.1 Å². The number of benzene rings is 2. The van der Waals surface area contributed by atoms with E-state index >= 15 is 0 Å². The summed E-state index contributed by atoms with van der Waals surface area (Å²) in [5.41, 5.74) is 4.16. The van der Waals surface area contributed by atoms with Crippen LogP contribution in [0.4, 0.5) is 5.69 Å². The molecule has 1 atom stereocenters. The van der Waals surface area contributed by atoms with Crippen LogP contribution in [0.5, 0.6) is 5.75 Å². The number of ether oxygens (including phenoxy) is 1. The number of halogens is 1. The molecule has 0 radical (unpaired) electrons. The standard InChI is InChI=1S/C25H26ClN3O3/c1-15-4-5-16(2)20(12-15)27-8-10-28(11-9-27)25(31)18-14-29-13-17(3)32-21-7-6-19(26)22(23(21)29)24(18)30/h4-7,12,14,17H,8-11,13H2,1-3H3/t17-/m1/s1. The predicted molar refractivity (Wildman–Crippen MR) is 127 cm³/mol. The fourth-order valence-electron chi connectivity index (χ4n) is 4.77. The Hall–Kier alpha value is -2.99. The Morgan fingerprint density at radius 2 is 1.84 bits per heavy atom. The van der Waals surface area contributed by atoms with Crippen LogP contribution in [-0.4, -0.2) is 47.7 Å². The van der Waals surface area contributed by atoms with Gasteiger partial charge in [-0.3, -0.25) is 9.59 Å². The molecular weight excluding hydrogens is 426 g/mol. The van der Waals surface area contributed by atoms with Crippen LogP contribution in [-0.2, 0) is 6.54 Å². The lowest BCUT2D eigenvalue weighted by Gasteiger charge is -2.37. The highest BCUT2D eigenvalue weighted by Gasteiger charge is 2.28. The molecule has 1 saturated heterocycles. The molecule has 1 amide bonds. The van der Waals surface area contributed by atoms with Gasteiger partial charge in [0.1, 0.15) is 17.4 Å². The Bertz CT molecular complexity index is 1290. The molecular formula is C25H26ClN3O3. The van der Waals surface area contributed by atoms with Crippen LogP contribution >= 0.6 is 11.6 Å². The van der Waals surface area contributed by atoms with Crippen molar-refractivity contribution in [1.82, 2.24) is 9.47 Å². The summed E-state index contributed by atoms with van der Waals surface area (Å²) in [5.74, 6) is 0.392. The van der Waals surface area contributed by atoms with E-state index < -0.39 is 0 Å². The summed E-state index contributed by atoms with van der Waals surface area (Å²) in [6, 6.07) is 9.88. The zero-order valence-electron chi connectivity index (χ0n) is 18.5. The molecule has 2 aromatic carbocycles. The lowest BCUT2D eigenvalue weighted by Crippen LogP contribution is -2.50. The lowest BCUT2D eigenvalue weighted by molar-refractivity contribution is 0.0744. The summed E-state index contributed by atoms with van der Waals surface area (Å²) in [6.07, 6.45) is 1.63. The summed E-state index contributed by atoms with van der Waals surface area (Å²) >= 11 is 6.40. The van der Waals surface area contributed by atoms with Crippen LogP contribution in [0.15, 0.2) is 41.3 Å². The van der Waals surface area contributed by atoms with Crippen molar-refractivity contribution in [2.24, 2.45) is 0 Å². The number of hydrogen-bond donors (Lipinski definition) is 0. The molecule has 0 unspecified atom stereocenters. The van der Waals surface area contributed by atoms with Crippen LogP contribution in [0, 0.1) is 13.8 Å². The van der Waals surface area contributed by atoms with Gasteiger partial charge in [0.15, 0.2) is 0 Å². The quantitative estimate of drug-likeness (QED) is 0.590. The number of pyridine rings is 1. The van der Waals surface area contributed by atoms with Crippen LogP contribution in [0.2, 0.25) is 5.02 Å². The minimum atomic E-state index is -0.330. The molecule has 1 fully saturated rings. The average molecular weight is 452 g/mol. The maximum Gasteiger partial charge on any atom is 0.259 e. The van der Waals surface area contributed by atoms with Crippen molar-refractivity contribution in [3.8, 4) is 5.75 Å². The van der Waals surface area contributed by atoms with E-state index in [1.54, 1.807) is 23.2 Å². The van der Waals surface area contributed by atoms with Gasteiger partial charge in [0.05, 0.1) is 22.5 Å². The molecule has 0 bridgehead atoms. The predicted octanol–water partition coefficient (Wildman–Crippen LogP) is 4.02. The topological polar surface area (TPSA) is 54.8 Å². The second-order valence-electron chi connectivity index (χ2n) is 8.79. The number of aromatic nitrogens is 1. The van der Waals surface area contributed by atoms with Gasteiger partial charge in [-0.1, -0.05) is 23.7 Å². The van der Waals surface area contributed by atoms with E-state index in [0.29, 0.717) is 41.3 Å². The minimum absolute atomic E-state index is 0.0570. The number of nitrogens with zero attached hydrogens (tertiary/aromatic N) is 3. The summed E-state index contributed by atoms with van der Waals surface area (Å²) < 4.78 is 7.82. The molecule has 3 aromatic rings. The molecule has 0 spiro atoms. The Labute approximate surface area is 191 Å². The van der Waals surface area contributed by atoms with Crippen molar-refractivity contribution in [3.63, 3.8) is 0 Å². The first kappa shape index (κ1) is 20.9. The van der Waals surface area contributed by atoms with Crippen LogP contribution < -0.4 is 15.1 Å². The Balaban J connectivity index is 1.45. The zero-order valence-corrected chi connectivity index (χ0v) is 19.3. The molecule has 0 N–H and O–H groups in total. The number of carbonyl (C=O) groups excluding carboxylic acids is 1. The molecule has 7 heteroatoms. The lowest BCUT2D eigenvalue weighted by atomic mass is 10.1. The maximum absolute atomic E-state index is 13.4. The average Bonchev–Trinajstić information content (AvgIpc) is 2.78. The Morgan fingerprint density at radius 3 is 2.59 bits per heavy atom. The molecule has 5 rings (SSSR count). The smallest absolute Gasteiger partial charge is 0.259 e. The van der Waals surface area contributed by atoms with Crippen molar-refractivity contribution in [1.29, 1.82) is 0 Å². The molecule has 6 nitrogen and oxygen atoms in total. The molecule has 166 valence electrons. The fraction of sp³-hybridized carbons (Fsp3) is 0.360. The highest BCUT2D eigenvalue weighted by atomic mass is 35.5. The summed E-state index contributed by atoms with van der Waals surface area (Å²) in [7, 11) is 0. The van der Waals surface area contributed by atoms with Crippen molar-refractivity contribution >= 4 is 34.1 Å². The van der Waals surface area contributed by atoms with E-state index in [4.69, 9.17) is 16.3 Å². The third-order valence-corrected chi connectivity index (χ3v) is 6.73. The van der Waals surface area contributed by atoms with E-state index in [1.807, 2.05) is 11.5 Å². The fourth-order valence-corrected chi connectivity index (χ4v) is 5.00. The van der Waals surface area contributed by atoms with Gasteiger partial charge in [-0.25, -0.2) is 0 Å². The largest absolute Gasteiger partial charge is 0.487 e. The molecule has 3 heterocycles. The van der Waals surface area contributed by atoms with E-state index in [9.17, 15) is 9.59 Å². The number of anilines is 1. The SMILES string of the molecule is Cc1ccc(C)c(N2CCN(C(=O)c3cn4c5c(ccc(Cl)c5c3=O)O[C@H](C)C4)CC2)c1. The van der Waals surface area contributed by atoms with E-state index in [-0.39, 0.29) is 23.0 Å². The number of aryl methyl sites for hydroxylation is 2. The number of rotatable bonds is 2. The first-order valence-electron chi connectivity index (χ1n) is 11.0. The molecule has 2 aliphatic heterocycles. The van der Waals surface area contributed by atoms with Gasteiger partial charge >= 0.3 is 0 Å². The van der Waals surface area contributed by atoms with Gasteiger partial charge in [-0.2, -0.15) is 0 Å². The highest BCUT2D eigenvalue weighted by Crippen LogP contribution is 2.33. The Morgan fingerprint density at radius 1 is 1.09 bits per heavy atom. The summed E-state index contributed by atoms with van der Waals surface area (Å²) in [4.78, 5) is 30.8. The van der Waals surface area contributed by atoms with E-state index in [1.165, 1.54) is 16.8 Å². The zero-order chi connectivity index (χ0) is 22.6.